The number of ether oxygens (including phenoxy) is 1. The van der Waals surface area contributed by atoms with Crippen LogP contribution in [0.4, 0.5) is 14.6 Å². The molecule has 0 amide bonds. The van der Waals surface area contributed by atoms with Crippen molar-refractivity contribution in [3.05, 3.63) is 83.8 Å². The van der Waals surface area contributed by atoms with Crippen LogP contribution >= 0.6 is 7.82 Å². The van der Waals surface area contributed by atoms with Gasteiger partial charge in [-0.15, -0.1) is 0 Å². The number of phosphoric acid groups is 1. The van der Waals surface area contributed by atoms with Crippen LogP contribution in [0.3, 0.4) is 0 Å². The highest BCUT2D eigenvalue weighted by molar-refractivity contribution is 7.47. The fourth-order valence-corrected chi connectivity index (χ4v) is 3.45. The summed E-state index contributed by atoms with van der Waals surface area (Å²) in [4.78, 5) is 13.3. The van der Waals surface area contributed by atoms with E-state index < -0.39 is 19.5 Å². The van der Waals surface area contributed by atoms with Crippen molar-refractivity contribution in [2.45, 2.75) is 13.2 Å². The maximum atomic E-state index is 14.5. The highest BCUT2D eigenvalue weighted by atomic mass is 31.2. The molecule has 0 radical (unpaired) electrons. The van der Waals surface area contributed by atoms with Crippen molar-refractivity contribution in [2.75, 3.05) is 12.8 Å². The van der Waals surface area contributed by atoms with Gasteiger partial charge in [0.1, 0.15) is 5.56 Å². The lowest BCUT2D eigenvalue weighted by atomic mass is 10.1. The monoisotopic (exact) mass is 505 g/mol. The third-order valence-corrected chi connectivity index (χ3v) is 5.73. The fraction of sp³-hybridized carbons (Fsp3) is 0.136. The number of aromatic nitrogens is 3. The first kappa shape index (κ1) is 24.4. The zero-order valence-corrected chi connectivity index (χ0v) is 19.2. The molecule has 1 unspecified atom stereocenters. The molecule has 3 heterocycles. The zero-order chi connectivity index (χ0) is 25.0. The number of hydrogen-bond acceptors (Lipinski definition) is 8. The van der Waals surface area contributed by atoms with E-state index in [9.17, 15) is 18.2 Å². The summed E-state index contributed by atoms with van der Waals surface area (Å²) in [5, 5.41) is 3.98. The van der Waals surface area contributed by atoms with Crippen molar-refractivity contribution in [3.8, 4) is 23.0 Å². The van der Waals surface area contributed by atoms with Gasteiger partial charge < -0.3 is 14.2 Å². The Morgan fingerprint density at radius 2 is 1.97 bits per heavy atom. The molecule has 3 N–H and O–H groups in total. The number of nitrogens with two attached hydrogens (primary N) is 1. The Kier molecular flexibility index (Phi) is 7.17. The van der Waals surface area contributed by atoms with E-state index in [1.54, 1.807) is 30.5 Å². The first-order chi connectivity index (χ1) is 16.8. The third-order valence-electron chi connectivity index (χ3n) is 4.82. The number of benzene rings is 1. The lowest BCUT2D eigenvalue weighted by molar-refractivity contribution is -0.711. The normalized spacial score (nSPS) is 12.9. The second kappa shape index (κ2) is 10.3. The standard InChI is InChI=1S/C22H19F2N4O6P/c1-31-35(29,30)32-13-28-8-4-5-16(21(28)25)20-11-15(27-34-20)9-14-10-18(24)22(26-12-14)33-19-7-3-2-6-17(19)23/h2-8,10-12,25H,9,13H2,1H3,(H,29,30)/p+1. The molecule has 13 heteroatoms. The highest BCUT2D eigenvalue weighted by Gasteiger charge is 2.23. The van der Waals surface area contributed by atoms with Crippen molar-refractivity contribution in [2.24, 2.45) is 0 Å². The summed E-state index contributed by atoms with van der Waals surface area (Å²) in [7, 11) is -3.14. The van der Waals surface area contributed by atoms with E-state index in [1.807, 2.05) is 0 Å². The summed E-state index contributed by atoms with van der Waals surface area (Å²) in [5.74, 6) is -1.39. The van der Waals surface area contributed by atoms with Crippen LogP contribution in [0.1, 0.15) is 11.3 Å². The van der Waals surface area contributed by atoms with Gasteiger partial charge >= 0.3 is 7.82 Å². The second-order valence-corrected chi connectivity index (χ2v) is 8.77. The van der Waals surface area contributed by atoms with Crippen molar-refractivity contribution in [1.82, 2.24) is 10.1 Å². The number of rotatable bonds is 9. The largest absolute Gasteiger partial charge is 0.475 e. The van der Waals surface area contributed by atoms with E-state index in [0.29, 0.717) is 22.6 Å². The molecule has 0 bridgehead atoms. The van der Waals surface area contributed by atoms with Crippen LogP contribution in [0.2, 0.25) is 0 Å². The summed E-state index contributed by atoms with van der Waals surface area (Å²) in [6.07, 6.45) is 3.12. The Morgan fingerprint density at radius 1 is 1.17 bits per heavy atom. The number of nitrogens with zero attached hydrogens (tertiary/aromatic N) is 3. The average molecular weight is 505 g/mol. The molecule has 4 aromatic rings. The summed E-state index contributed by atoms with van der Waals surface area (Å²) >= 11 is 0. The van der Waals surface area contributed by atoms with E-state index >= 15 is 0 Å². The minimum Gasteiger partial charge on any atom is -0.433 e. The minimum absolute atomic E-state index is 0.139. The number of anilines is 1. The summed E-state index contributed by atoms with van der Waals surface area (Å²) in [5.41, 5.74) is 7.54. The molecule has 3 aromatic heterocycles. The van der Waals surface area contributed by atoms with Crippen molar-refractivity contribution in [1.29, 1.82) is 0 Å². The molecule has 0 aliphatic rings. The molecule has 0 fully saturated rings. The number of para-hydroxylation sites is 1. The number of halogens is 2. The Hall–Kier alpha value is -3.70. The van der Waals surface area contributed by atoms with Crippen molar-refractivity contribution in [3.63, 3.8) is 0 Å². The first-order valence-corrected chi connectivity index (χ1v) is 11.6. The lowest BCUT2D eigenvalue weighted by Crippen LogP contribution is -2.38. The maximum absolute atomic E-state index is 14.5. The van der Waals surface area contributed by atoms with E-state index in [4.69, 9.17) is 19.5 Å². The van der Waals surface area contributed by atoms with Gasteiger partial charge in [-0.25, -0.2) is 27.4 Å². The van der Waals surface area contributed by atoms with E-state index in [1.165, 1.54) is 35.0 Å². The molecule has 0 saturated heterocycles. The quantitative estimate of drug-likeness (QED) is 0.256. The van der Waals surface area contributed by atoms with Crippen molar-refractivity contribution >= 4 is 13.6 Å². The maximum Gasteiger partial charge on any atom is 0.475 e. The molecular weight excluding hydrogens is 485 g/mol. The second-order valence-electron chi connectivity index (χ2n) is 7.21. The average Bonchev–Trinajstić information content (AvgIpc) is 3.29. The summed E-state index contributed by atoms with van der Waals surface area (Å²) in [6.45, 7) is -0.339. The van der Waals surface area contributed by atoms with Gasteiger partial charge in [-0.1, -0.05) is 17.3 Å². The predicted molar refractivity (Wildman–Crippen MR) is 118 cm³/mol. The fourth-order valence-electron chi connectivity index (χ4n) is 3.07. The Labute approximate surface area is 198 Å². The van der Waals surface area contributed by atoms with Crippen LogP contribution in [0, 0.1) is 11.6 Å². The van der Waals surface area contributed by atoms with Crippen LogP contribution in [-0.4, -0.2) is 22.1 Å². The smallest absolute Gasteiger partial charge is 0.433 e. The van der Waals surface area contributed by atoms with Gasteiger partial charge in [0.15, 0.2) is 23.1 Å². The van der Waals surface area contributed by atoms with Gasteiger partial charge in [0.05, 0.1) is 11.9 Å². The molecule has 35 heavy (non-hydrogen) atoms. The SMILES string of the molecule is COP(=O)(O)OC[n+]1cccc(-c2cc(Cc3cnc(Oc4ccccc4F)c(F)c3)no2)c1N. The molecule has 0 aliphatic heterocycles. The van der Waals surface area contributed by atoms with Crippen LogP contribution in [0.15, 0.2) is 65.4 Å². The number of nitrogen functional groups attached to an aromatic ring is 1. The first-order valence-electron chi connectivity index (χ1n) is 10.1. The number of hydrogen-bond donors (Lipinski definition) is 2. The number of pyridine rings is 2. The van der Waals surface area contributed by atoms with Crippen LogP contribution in [-0.2, 0) is 26.8 Å². The van der Waals surface area contributed by atoms with Gasteiger partial charge in [-0.3, -0.25) is 10.3 Å². The van der Waals surface area contributed by atoms with Gasteiger partial charge in [-0.05, 0) is 35.9 Å². The molecule has 182 valence electrons. The molecule has 1 atom stereocenters. The number of phosphoric ester groups is 1. The molecule has 1 aromatic carbocycles. The van der Waals surface area contributed by atoms with Gasteiger partial charge in [-0.2, -0.15) is 0 Å². The van der Waals surface area contributed by atoms with E-state index in [-0.39, 0.29) is 30.6 Å². The molecule has 0 saturated carbocycles. The van der Waals surface area contributed by atoms with Crippen molar-refractivity contribution < 1.29 is 41.1 Å². The molecular formula is C22H20F2N4O6P+. The lowest BCUT2D eigenvalue weighted by Gasteiger charge is -2.09. The Balaban J connectivity index is 1.48. The van der Waals surface area contributed by atoms with Gasteiger partial charge in [0, 0.05) is 25.8 Å². The topological polar surface area (TPSA) is 134 Å². The summed E-state index contributed by atoms with van der Waals surface area (Å²) < 4.78 is 60.9. The van der Waals surface area contributed by atoms with Crippen LogP contribution in [0.25, 0.3) is 11.3 Å². The zero-order valence-electron chi connectivity index (χ0n) is 18.3. The Morgan fingerprint density at radius 3 is 2.71 bits per heavy atom. The summed E-state index contributed by atoms with van der Waals surface area (Å²) in [6, 6.07) is 11.8. The van der Waals surface area contributed by atoms with Gasteiger partial charge in [0.2, 0.25) is 6.73 Å². The third kappa shape index (κ3) is 5.87. The Bertz CT molecular complexity index is 1400. The molecule has 10 nitrogen and oxygen atoms in total. The van der Waals surface area contributed by atoms with E-state index in [0.717, 1.165) is 7.11 Å². The van der Waals surface area contributed by atoms with Crippen LogP contribution < -0.4 is 15.0 Å². The minimum atomic E-state index is -4.19. The van der Waals surface area contributed by atoms with Gasteiger partial charge in [0.25, 0.3) is 11.7 Å². The predicted octanol–water partition coefficient (Wildman–Crippen LogP) is 3.99. The highest BCUT2D eigenvalue weighted by Crippen LogP contribution is 2.41. The molecule has 0 aliphatic carbocycles. The molecule has 4 rings (SSSR count). The van der Waals surface area contributed by atoms with Crippen LogP contribution in [0.5, 0.6) is 11.6 Å². The molecule has 0 spiro atoms. The van der Waals surface area contributed by atoms with E-state index in [2.05, 4.69) is 14.7 Å².